The molecule has 0 saturated carbocycles. The highest BCUT2D eigenvalue weighted by Crippen LogP contribution is 2.22. The summed E-state index contributed by atoms with van der Waals surface area (Å²) in [5, 5.41) is 17.1. The third-order valence-electron chi connectivity index (χ3n) is 4.42. The number of nitrogens with one attached hydrogen (secondary N) is 1. The molecule has 0 saturated heterocycles. The first kappa shape index (κ1) is 19.2. The molecular weight excluding hydrogens is 358 g/mol. The smallest absolute Gasteiger partial charge is 0.255 e. The Morgan fingerprint density at radius 1 is 1.18 bits per heavy atom. The molecule has 8 heteroatoms. The summed E-state index contributed by atoms with van der Waals surface area (Å²) in [6.07, 6.45) is 3.42. The normalized spacial score (nSPS) is 12.9. The van der Waals surface area contributed by atoms with Crippen molar-refractivity contribution in [2.45, 2.75) is 18.6 Å². The summed E-state index contributed by atoms with van der Waals surface area (Å²) >= 11 is 0. The molecule has 28 heavy (non-hydrogen) atoms. The predicted molar refractivity (Wildman–Crippen MR) is 103 cm³/mol. The number of carbonyl (C=O) groups excluding carboxylic acids is 2. The lowest BCUT2D eigenvalue weighted by molar-refractivity contribution is -0.127. The number of aryl methyl sites for hydroxylation is 1. The number of hydrogen-bond donors (Lipinski definition) is 3. The molecule has 144 valence electrons. The van der Waals surface area contributed by atoms with Gasteiger partial charge in [-0.1, -0.05) is 30.3 Å². The van der Waals surface area contributed by atoms with Crippen LogP contribution in [0.25, 0.3) is 11.3 Å². The molecule has 3 aromatic rings. The van der Waals surface area contributed by atoms with Gasteiger partial charge in [0.25, 0.3) is 5.91 Å². The van der Waals surface area contributed by atoms with E-state index >= 15 is 0 Å². The largest absolute Gasteiger partial charge is 0.381 e. The maximum Gasteiger partial charge on any atom is 0.255 e. The van der Waals surface area contributed by atoms with Gasteiger partial charge in [-0.3, -0.25) is 19.3 Å². The number of nitrogens with zero attached hydrogens (tertiary/aromatic N) is 3. The third kappa shape index (κ3) is 4.24. The molecule has 3 rings (SSSR count). The van der Waals surface area contributed by atoms with Crippen LogP contribution in [0.4, 0.5) is 0 Å². The zero-order chi connectivity index (χ0) is 20.1. The first-order chi connectivity index (χ1) is 13.5. The van der Waals surface area contributed by atoms with Gasteiger partial charge in [0.2, 0.25) is 5.91 Å². The maximum absolute atomic E-state index is 12.9. The maximum atomic E-state index is 12.9. The van der Waals surface area contributed by atoms with E-state index in [9.17, 15) is 14.7 Å². The predicted octanol–water partition coefficient (Wildman–Crippen LogP) is 0.669. The van der Waals surface area contributed by atoms with Gasteiger partial charge >= 0.3 is 0 Å². The first-order valence-electron chi connectivity index (χ1n) is 8.72. The minimum atomic E-state index is -1.52. The Morgan fingerprint density at radius 3 is 2.50 bits per heavy atom. The molecule has 0 spiro atoms. The van der Waals surface area contributed by atoms with E-state index in [2.05, 4.69) is 15.4 Å². The Kier molecular flexibility index (Phi) is 5.81. The van der Waals surface area contributed by atoms with Crippen LogP contribution >= 0.6 is 0 Å². The van der Waals surface area contributed by atoms with Crippen molar-refractivity contribution < 1.29 is 14.7 Å². The Balaban J connectivity index is 1.88. The fourth-order valence-electron chi connectivity index (χ4n) is 3.01. The van der Waals surface area contributed by atoms with Crippen LogP contribution in [-0.2, 0) is 18.3 Å². The van der Waals surface area contributed by atoms with Gasteiger partial charge in [0, 0.05) is 25.0 Å². The molecule has 2 atom stereocenters. The summed E-state index contributed by atoms with van der Waals surface area (Å²) in [7, 11) is 1.73. The van der Waals surface area contributed by atoms with Crippen molar-refractivity contribution in [2.24, 2.45) is 12.8 Å². The lowest BCUT2D eigenvalue weighted by Crippen LogP contribution is -2.50. The van der Waals surface area contributed by atoms with Gasteiger partial charge in [-0.2, -0.15) is 5.10 Å². The molecule has 8 nitrogen and oxygen atoms in total. The van der Waals surface area contributed by atoms with E-state index in [1.807, 2.05) is 30.3 Å². The summed E-state index contributed by atoms with van der Waals surface area (Å²) in [4.78, 5) is 28.5. The first-order valence-corrected chi connectivity index (χ1v) is 8.72. The number of aliphatic hydroxyl groups excluding tert-OH is 1. The Morgan fingerprint density at radius 2 is 1.86 bits per heavy atom. The zero-order valence-corrected chi connectivity index (χ0v) is 15.3. The molecule has 0 aliphatic rings. The fourth-order valence-corrected chi connectivity index (χ4v) is 3.01. The van der Waals surface area contributed by atoms with Crippen molar-refractivity contribution in [3.63, 3.8) is 0 Å². The lowest BCUT2D eigenvalue weighted by atomic mass is 10.00. The number of primary amides is 1. The quantitative estimate of drug-likeness (QED) is 0.557. The summed E-state index contributed by atoms with van der Waals surface area (Å²) < 4.78 is 1.58. The number of nitrogens with two attached hydrogens (primary N) is 1. The van der Waals surface area contributed by atoms with Gasteiger partial charge < -0.3 is 16.2 Å². The highest BCUT2D eigenvalue weighted by Gasteiger charge is 2.28. The standard InChI is InChI=1S/C20H21N5O3/c1-25-17(14-7-9-22-10-8-14)15(12-23-25)20(28)24-16(18(26)19(21)27)11-13-5-3-2-4-6-13/h2-10,12,16,18,26H,11H2,1H3,(H2,21,27)(H,24,28)/t16-,18?/m0/s1. The second-order valence-corrected chi connectivity index (χ2v) is 6.38. The number of aromatic nitrogens is 3. The zero-order valence-electron chi connectivity index (χ0n) is 15.3. The number of pyridine rings is 1. The second kappa shape index (κ2) is 8.45. The number of rotatable bonds is 7. The Hall–Kier alpha value is -3.52. The minimum Gasteiger partial charge on any atom is -0.381 e. The van der Waals surface area contributed by atoms with Gasteiger partial charge in [0.15, 0.2) is 6.10 Å². The van der Waals surface area contributed by atoms with Crippen LogP contribution in [-0.4, -0.2) is 43.8 Å². The molecule has 1 aromatic carbocycles. The van der Waals surface area contributed by atoms with E-state index < -0.39 is 24.0 Å². The molecule has 0 radical (unpaired) electrons. The van der Waals surface area contributed by atoms with Crippen molar-refractivity contribution in [2.75, 3.05) is 0 Å². The van der Waals surface area contributed by atoms with Gasteiger partial charge in [0.05, 0.1) is 23.5 Å². The summed E-state index contributed by atoms with van der Waals surface area (Å²) in [6, 6.07) is 11.9. The fraction of sp³-hybridized carbons (Fsp3) is 0.200. The molecule has 0 fully saturated rings. The van der Waals surface area contributed by atoms with Gasteiger partial charge in [-0.25, -0.2) is 0 Å². The van der Waals surface area contributed by atoms with E-state index in [-0.39, 0.29) is 6.42 Å². The SMILES string of the molecule is Cn1ncc(C(=O)N[C@@H](Cc2ccccc2)C(O)C(N)=O)c1-c1ccncc1. The monoisotopic (exact) mass is 379 g/mol. The van der Waals surface area contributed by atoms with E-state index in [1.54, 1.807) is 36.3 Å². The molecule has 0 aliphatic carbocycles. The number of hydrogen-bond acceptors (Lipinski definition) is 5. The van der Waals surface area contributed by atoms with Crippen LogP contribution in [0.1, 0.15) is 15.9 Å². The summed E-state index contributed by atoms with van der Waals surface area (Å²) in [5.74, 6) is -1.36. The molecule has 2 aromatic heterocycles. The van der Waals surface area contributed by atoms with E-state index in [1.165, 1.54) is 6.20 Å². The average Bonchev–Trinajstić information content (AvgIpc) is 3.09. The van der Waals surface area contributed by atoms with Gasteiger partial charge in [-0.05, 0) is 24.1 Å². The number of aliphatic hydroxyl groups is 1. The Bertz CT molecular complexity index is 956. The molecule has 4 N–H and O–H groups in total. The molecular formula is C20H21N5O3. The number of carbonyl (C=O) groups is 2. The van der Waals surface area contributed by atoms with Crippen LogP contribution in [0.5, 0.6) is 0 Å². The van der Waals surface area contributed by atoms with Crippen molar-refractivity contribution >= 4 is 11.8 Å². The van der Waals surface area contributed by atoms with Crippen LogP contribution in [0.3, 0.4) is 0 Å². The molecule has 0 aliphatic heterocycles. The molecule has 2 heterocycles. The molecule has 0 bridgehead atoms. The van der Waals surface area contributed by atoms with E-state index in [4.69, 9.17) is 5.73 Å². The molecule has 2 amide bonds. The topological polar surface area (TPSA) is 123 Å². The van der Waals surface area contributed by atoms with Gasteiger partial charge in [-0.15, -0.1) is 0 Å². The Labute approximate surface area is 162 Å². The summed E-state index contributed by atoms with van der Waals surface area (Å²) in [5.41, 5.74) is 7.82. The van der Waals surface area contributed by atoms with Crippen molar-refractivity contribution in [3.05, 3.63) is 72.2 Å². The van der Waals surface area contributed by atoms with Gasteiger partial charge in [0.1, 0.15) is 0 Å². The van der Waals surface area contributed by atoms with E-state index in [0.717, 1.165) is 11.1 Å². The van der Waals surface area contributed by atoms with Crippen molar-refractivity contribution in [1.29, 1.82) is 0 Å². The van der Waals surface area contributed by atoms with Crippen molar-refractivity contribution in [3.8, 4) is 11.3 Å². The highest BCUT2D eigenvalue weighted by atomic mass is 16.3. The van der Waals surface area contributed by atoms with E-state index in [0.29, 0.717) is 11.3 Å². The summed E-state index contributed by atoms with van der Waals surface area (Å²) in [6.45, 7) is 0. The van der Waals surface area contributed by atoms with Crippen LogP contribution < -0.4 is 11.1 Å². The highest BCUT2D eigenvalue weighted by molar-refractivity contribution is 6.00. The number of amides is 2. The third-order valence-corrected chi connectivity index (χ3v) is 4.42. The minimum absolute atomic E-state index is 0.252. The van der Waals surface area contributed by atoms with Crippen LogP contribution in [0, 0.1) is 0 Å². The van der Waals surface area contributed by atoms with Crippen molar-refractivity contribution in [1.82, 2.24) is 20.1 Å². The van der Waals surface area contributed by atoms with Crippen LogP contribution in [0.2, 0.25) is 0 Å². The lowest BCUT2D eigenvalue weighted by Gasteiger charge is -2.22. The average molecular weight is 379 g/mol. The van der Waals surface area contributed by atoms with Crippen LogP contribution in [0.15, 0.2) is 61.1 Å². The molecule has 1 unspecified atom stereocenters. The number of benzene rings is 1. The second-order valence-electron chi connectivity index (χ2n) is 6.38.